The van der Waals surface area contributed by atoms with Crippen LogP contribution in [0.2, 0.25) is 0 Å². The van der Waals surface area contributed by atoms with Crippen molar-refractivity contribution in [2.24, 2.45) is 0 Å². The van der Waals surface area contributed by atoms with Gasteiger partial charge in [0.1, 0.15) is 16.5 Å². The molecule has 1 aromatic rings. The van der Waals surface area contributed by atoms with Crippen LogP contribution in [0.3, 0.4) is 0 Å². The van der Waals surface area contributed by atoms with Gasteiger partial charge in [-0.05, 0) is 6.42 Å². The Bertz CT molecular complexity index is 521. The number of rotatable bonds is 2. The molecular weight excluding hydrogens is 262 g/mol. The van der Waals surface area contributed by atoms with Gasteiger partial charge in [-0.15, -0.1) is 0 Å². The molecule has 0 spiro atoms. The standard InChI is InChI=1S/C13H19N3O2S/c1-3-10-12-13(15-11(4-2)14-10)16-5-6-18-8-9(7-16)19(12)17/h9H,3-8H2,1-2H3. The van der Waals surface area contributed by atoms with E-state index in [0.717, 1.165) is 48.2 Å². The minimum atomic E-state index is -1.05. The monoisotopic (exact) mass is 281 g/mol. The van der Waals surface area contributed by atoms with Crippen molar-refractivity contribution in [3.05, 3.63) is 11.5 Å². The molecule has 3 rings (SSSR count). The number of ether oxygens (including phenoxy) is 1. The molecule has 2 aliphatic rings. The maximum absolute atomic E-state index is 12.7. The van der Waals surface area contributed by atoms with E-state index < -0.39 is 10.8 Å². The molecule has 0 radical (unpaired) electrons. The average Bonchev–Trinajstić information content (AvgIpc) is 2.67. The van der Waals surface area contributed by atoms with Crippen LogP contribution in [0.1, 0.15) is 25.4 Å². The van der Waals surface area contributed by atoms with E-state index in [9.17, 15) is 4.21 Å². The molecule has 1 fully saturated rings. The lowest BCUT2D eigenvalue weighted by Crippen LogP contribution is -2.41. The van der Waals surface area contributed by atoms with Gasteiger partial charge in [0.05, 0.1) is 35.0 Å². The molecule has 0 N–H and O–H groups in total. The Morgan fingerprint density at radius 2 is 2.21 bits per heavy atom. The lowest BCUT2D eigenvalue weighted by Gasteiger charge is -2.32. The lowest BCUT2D eigenvalue weighted by molar-refractivity contribution is 0.155. The third-order valence-electron chi connectivity index (χ3n) is 3.65. The second kappa shape index (κ2) is 5.17. The van der Waals surface area contributed by atoms with Crippen LogP contribution >= 0.6 is 0 Å². The maximum atomic E-state index is 12.7. The van der Waals surface area contributed by atoms with Crippen LogP contribution in [0.4, 0.5) is 5.82 Å². The van der Waals surface area contributed by atoms with Crippen molar-refractivity contribution in [2.45, 2.75) is 36.8 Å². The van der Waals surface area contributed by atoms with E-state index in [0.29, 0.717) is 13.2 Å². The van der Waals surface area contributed by atoms with Crippen LogP contribution in [0, 0.1) is 0 Å². The lowest BCUT2D eigenvalue weighted by atomic mass is 10.2. The number of anilines is 1. The molecule has 2 atom stereocenters. The molecule has 19 heavy (non-hydrogen) atoms. The van der Waals surface area contributed by atoms with Crippen molar-refractivity contribution in [3.63, 3.8) is 0 Å². The van der Waals surface area contributed by atoms with Gasteiger partial charge in [-0.25, -0.2) is 9.97 Å². The Kier molecular flexibility index (Phi) is 3.54. The van der Waals surface area contributed by atoms with Gasteiger partial charge in [-0.1, -0.05) is 13.8 Å². The number of aryl methyl sites for hydroxylation is 2. The first-order valence-corrected chi connectivity index (χ1v) is 8.09. The van der Waals surface area contributed by atoms with E-state index in [-0.39, 0.29) is 5.25 Å². The normalized spacial score (nSPS) is 25.9. The summed E-state index contributed by atoms with van der Waals surface area (Å²) in [6, 6.07) is 0. The van der Waals surface area contributed by atoms with Crippen molar-refractivity contribution in [2.75, 3.05) is 31.2 Å². The number of hydrogen-bond donors (Lipinski definition) is 0. The number of nitrogens with zero attached hydrogens (tertiary/aromatic N) is 3. The molecule has 0 aliphatic carbocycles. The zero-order valence-corrected chi connectivity index (χ0v) is 12.2. The van der Waals surface area contributed by atoms with Crippen LogP contribution in [-0.4, -0.2) is 45.7 Å². The van der Waals surface area contributed by atoms with E-state index in [1.807, 2.05) is 0 Å². The molecule has 0 aromatic carbocycles. The topological polar surface area (TPSA) is 55.3 Å². The van der Waals surface area contributed by atoms with Gasteiger partial charge in [0.25, 0.3) is 0 Å². The molecule has 0 amide bonds. The van der Waals surface area contributed by atoms with Crippen LogP contribution in [0.5, 0.6) is 0 Å². The summed E-state index contributed by atoms with van der Waals surface area (Å²) in [6.45, 7) is 6.97. The predicted octanol–water partition coefficient (Wildman–Crippen LogP) is 0.928. The summed E-state index contributed by atoms with van der Waals surface area (Å²) < 4.78 is 18.2. The summed E-state index contributed by atoms with van der Waals surface area (Å²) in [5, 5.41) is 0.0522. The van der Waals surface area contributed by atoms with Gasteiger partial charge in [-0.3, -0.25) is 4.21 Å². The fraction of sp³-hybridized carbons (Fsp3) is 0.692. The van der Waals surface area contributed by atoms with E-state index in [1.54, 1.807) is 0 Å². The largest absolute Gasteiger partial charge is 0.378 e. The van der Waals surface area contributed by atoms with Crippen molar-refractivity contribution in [1.29, 1.82) is 0 Å². The smallest absolute Gasteiger partial charge is 0.149 e. The predicted molar refractivity (Wildman–Crippen MR) is 74.0 cm³/mol. The first kappa shape index (κ1) is 13.0. The third-order valence-corrected chi connectivity index (χ3v) is 5.36. The van der Waals surface area contributed by atoms with Gasteiger partial charge >= 0.3 is 0 Å². The van der Waals surface area contributed by atoms with Crippen LogP contribution in [0.15, 0.2) is 4.90 Å². The molecule has 1 saturated heterocycles. The van der Waals surface area contributed by atoms with Gasteiger partial charge in [0.2, 0.25) is 0 Å². The van der Waals surface area contributed by atoms with E-state index in [2.05, 4.69) is 28.7 Å². The molecule has 104 valence electrons. The zero-order chi connectivity index (χ0) is 13.4. The summed E-state index contributed by atoms with van der Waals surface area (Å²) in [7, 11) is -1.05. The fourth-order valence-corrected chi connectivity index (χ4v) is 4.27. The summed E-state index contributed by atoms with van der Waals surface area (Å²) in [4.78, 5) is 12.2. The second-order valence-corrected chi connectivity index (χ2v) is 6.56. The van der Waals surface area contributed by atoms with Gasteiger partial charge < -0.3 is 9.64 Å². The average molecular weight is 281 g/mol. The quantitative estimate of drug-likeness (QED) is 0.807. The number of fused-ring (bicyclic) bond motifs is 4. The van der Waals surface area contributed by atoms with E-state index >= 15 is 0 Å². The van der Waals surface area contributed by atoms with Crippen molar-refractivity contribution in [3.8, 4) is 0 Å². The molecular formula is C13H19N3O2S. The SMILES string of the molecule is CCc1nc(CC)c2c(n1)N1CCOCC(C1)S2=O. The highest BCUT2D eigenvalue weighted by molar-refractivity contribution is 7.86. The maximum Gasteiger partial charge on any atom is 0.149 e. The van der Waals surface area contributed by atoms with Crippen molar-refractivity contribution in [1.82, 2.24) is 9.97 Å². The third kappa shape index (κ3) is 2.17. The highest BCUT2D eigenvalue weighted by Crippen LogP contribution is 2.33. The Balaban J connectivity index is 2.17. The van der Waals surface area contributed by atoms with Crippen molar-refractivity contribution >= 4 is 16.6 Å². The van der Waals surface area contributed by atoms with Crippen LogP contribution in [0.25, 0.3) is 0 Å². The summed E-state index contributed by atoms with van der Waals surface area (Å²) in [5.41, 5.74) is 0.941. The first-order chi connectivity index (χ1) is 9.24. The molecule has 3 heterocycles. The highest BCUT2D eigenvalue weighted by Gasteiger charge is 2.36. The molecule has 5 nitrogen and oxygen atoms in total. The highest BCUT2D eigenvalue weighted by atomic mass is 32.2. The number of hydrogen-bond acceptors (Lipinski definition) is 5. The molecule has 2 bridgehead atoms. The first-order valence-electron chi connectivity index (χ1n) is 6.87. The molecule has 0 saturated carbocycles. The Morgan fingerprint density at radius 3 is 2.95 bits per heavy atom. The van der Waals surface area contributed by atoms with Gasteiger partial charge in [-0.2, -0.15) is 0 Å². The van der Waals surface area contributed by atoms with Crippen LogP contribution < -0.4 is 4.90 Å². The Labute approximate surface area is 115 Å². The number of aromatic nitrogens is 2. The van der Waals surface area contributed by atoms with Gasteiger partial charge in [0, 0.05) is 19.5 Å². The summed E-state index contributed by atoms with van der Waals surface area (Å²) in [6.07, 6.45) is 1.60. The van der Waals surface area contributed by atoms with Gasteiger partial charge in [0.15, 0.2) is 0 Å². The Morgan fingerprint density at radius 1 is 1.37 bits per heavy atom. The second-order valence-electron chi connectivity index (χ2n) is 4.89. The minimum absolute atomic E-state index is 0.0522. The zero-order valence-electron chi connectivity index (χ0n) is 11.4. The Hall–Kier alpha value is -1.01. The minimum Gasteiger partial charge on any atom is -0.378 e. The molecule has 6 heteroatoms. The molecule has 1 aromatic heterocycles. The molecule has 2 aliphatic heterocycles. The fourth-order valence-electron chi connectivity index (χ4n) is 2.62. The van der Waals surface area contributed by atoms with E-state index in [4.69, 9.17) is 4.74 Å². The summed E-state index contributed by atoms with van der Waals surface area (Å²) in [5.74, 6) is 1.72. The molecule has 2 unspecified atom stereocenters. The van der Waals surface area contributed by atoms with Crippen molar-refractivity contribution < 1.29 is 8.95 Å². The van der Waals surface area contributed by atoms with E-state index in [1.165, 1.54) is 0 Å². The van der Waals surface area contributed by atoms with Crippen LogP contribution in [-0.2, 0) is 28.4 Å². The summed E-state index contributed by atoms with van der Waals surface area (Å²) >= 11 is 0.